The minimum Gasteiger partial charge on any atom is -0.367 e. The minimum absolute atomic E-state index is 0.183. The highest BCUT2D eigenvalue weighted by Gasteiger charge is 2.07. The second kappa shape index (κ2) is 8.51. The van der Waals surface area contributed by atoms with Crippen LogP contribution >= 0.6 is 0 Å². The molecule has 0 aromatic carbocycles. The molecule has 0 atom stereocenters. The SMILES string of the molecule is CC(C)CCCCCCNC(=O)c1c[nH]ccc1=O. The lowest BCUT2D eigenvalue weighted by atomic mass is 10.0. The summed E-state index contributed by atoms with van der Waals surface area (Å²) in [5.41, 5.74) is -0.0597. The number of amides is 1. The Labute approximate surface area is 114 Å². The summed E-state index contributed by atoms with van der Waals surface area (Å²) in [5, 5.41) is 2.78. The minimum atomic E-state index is -0.288. The van der Waals surface area contributed by atoms with E-state index in [1.165, 1.54) is 37.7 Å². The lowest BCUT2D eigenvalue weighted by Gasteiger charge is -2.06. The van der Waals surface area contributed by atoms with E-state index in [4.69, 9.17) is 0 Å². The van der Waals surface area contributed by atoms with Gasteiger partial charge in [0.25, 0.3) is 5.91 Å². The lowest BCUT2D eigenvalue weighted by Crippen LogP contribution is -2.29. The van der Waals surface area contributed by atoms with Crippen molar-refractivity contribution in [3.63, 3.8) is 0 Å². The molecule has 0 fully saturated rings. The number of carbonyl (C=O) groups is 1. The fourth-order valence-corrected chi connectivity index (χ4v) is 1.92. The van der Waals surface area contributed by atoms with E-state index < -0.39 is 0 Å². The predicted octanol–water partition coefficient (Wildman–Crippen LogP) is 2.71. The van der Waals surface area contributed by atoms with Crippen molar-refractivity contribution in [3.8, 4) is 0 Å². The molecular weight excluding hydrogens is 240 g/mol. The Balaban J connectivity index is 2.15. The molecule has 0 aliphatic rings. The first-order valence-electron chi connectivity index (χ1n) is 7.06. The third-order valence-corrected chi connectivity index (χ3v) is 3.06. The molecule has 1 amide bonds. The van der Waals surface area contributed by atoms with E-state index in [-0.39, 0.29) is 16.9 Å². The average Bonchev–Trinajstić information content (AvgIpc) is 2.37. The van der Waals surface area contributed by atoms with Crippen molar-refractivity contribution < 1.29 is 4.79 Å². The van der Waals surface area contributed by atoms with E-state index in [0.29, 0.717) is 6.54 Å². The van der Waals surface area contributed by atoms with Crippen molar-refractivity contribution in [1.29, 1.82) is 0 Å². The van der Waals surface area contributed by atoms with Gasteiger partial charge in [-0.3, -0.25) is 9.59 Å². The van der Waals surface area contributed by atoms with Gasteiger partial charge in [0.05, 0.1) is 0 Å². The molecule has 2 N–H and O–H groups in total. The first-order chi connectivity index (χ1) is 9.11. The van der Waals surface area contributed by atoms with Gasteiger partial charge in [-0.1, -0.05) is 39.5 Å². The van der Waals surface area contributed by atoms with Gasteiger partial charge in [-0.2, -0.15) is 0 Å². The van der Waals surface area contributed by atoms with Crippen LogP contribution in [-0.2, 0) is 0 Å². The molecule has 1 rings (SSSR count). The highest BCUT2D eigenvalue weighted by atomic mass is 16.2. The first kappa shape index (κ1) is 15.5. The van der Waals surface area contributed by atoms with E-state index in [9.17, 15) is 9.59 Å². The normalized spacial score (nSPS) is 10.7. The number of hydrogen-bond acceptors (Lipinski definition) is 2. The third kappa shape index (κ3) is 6.22. The van der Waals surface area contributed by atoms with Crippen molar-refractivity contribution in [3.05, 3.63) is 34.2 Å². The van der Waals surface area contributed by atoms with Crippen molar-refractivity contribution in [1.82, 2.24) is 10.3 Å². The predicted molar refractivity (Wildman–Crippen MR) is 77.3 cm³/mol. The molecule has 0 unspecified atom stereocenters. The van der Waals surface area contributed by atoms with Crippen LogP contribution in [0.3, 0.4) is 0 Å². The number of nitrogens with one attached hydrogen (secondary N) is 2. The number of unbranched alkanes of at least 4 members (excludes halogenated alkanes) is 3. The molecule has 0 saturated carbocycles. The number of hydrogen-bond donors (Lipinski definition) is 2. The lowest BCUT2D eigenvalue weighted by molar-refractivity contribution is 0.0951. The van der Waals surface area contributed by atoms with E-state index >= 15 is 0 Å². The third-order valence-electron chi connectivity index (χ3n) is 3.06. The molecule has 1 aromatic heterocycles. The van der Waals surface area contributed by atoms with E-state index in [1.807, 2.05) is 0 Å². The van der Waals surface area contributed by atoms with Crippen LogP contribution in [0.4, 0.5) is 0 Å². The molecule has 0 aliphatic heterocycles. The largest absolute Gasteiger partial charge is 0.367 e. The highest BCUT2D eigenvalue weighted by molar-refractivity contribution is 5.93. The molecule has 0 saturated heterocycles. The molecule has 106 valence electrons. The summed E-state index contributed by atoms with van der Waals surface area (Å²) < 4.78 is 0. The fraction of sp³-hybridized carbons (Fsp3) is 0.600. The van der Waals surface area contributed by atoms with Crippen molar-refractivity contribution in [2.75, 3.05) is 6.54 Å². The molecule has 0 aliphatic carbocycles. The zero-order valence-corrected chi connectivity index (χ0v) is 11.9. The summed E-state index contributed by atoms with van der Waals surface area (Å²) in [5.74, 6) is 0.480. The Morgan fingerprint density at radius 2 is 2.00 bits per heavy atom. The Hall–Kier alpha value is -1.58. The first-order valence-corrected chi connectivity index (χ1v) is 7.06. The number of aromatic nitrogens is 1. The highest BCUT2D eigenvalue weighted by Crippen LogP contribution is 2.08. The molecule has 0 bridgehead atoms. The molecule has 1 aromatic rings. The van der Waals surface area contributed by atoms with Crippen molar-refractivity contribution in [2.45, 2.75) is 46.0 Å². The van der Waals surface area contributed by atoms with Gasteiger partial charge in [0.15, 0.2) is 5.43 Å². The average molecular weight is 264 g/mol. The summed E-state index contributed by atoms with van der Waals surface area (Å²) in [7, 11) is 0. The summed E-state index contributed by atoms with van der Waals surface area (Å²) in [6, 6.07) is 1.36. The monoisotopic (exact) mass is 264 g/mol. The zero-order valence-electron chi connectivity index (χ0n) is 11.9. The van der Waals surface area contributed by atoms with Crippen LogP contribution in [0.5, 0.6) is 0 Å². The smallest absolute Gasteiger partial charge is 0.256 e. The number of H-pyrrole nitrogens is 1. The van der Waals surface area contributed by atoms with Crippen LogP contribution in [-0.4, -0.2) is 17.4 Å². The maximum Gasteiger partial charge on any atom is 0.256 e. The summed E-state index contributed by atoms with van der Waals surface area (Å²) in [4.78, 5) is 25.9. The van der Waals surface area contributed by atoms with Crippen molar-refractivity contribution in [2.24, 2.45) is 5.92 Å². The van der Waals surface area contributed by atoms with E-state index in [1.54, 1.807) is 0 Å². The van der Waals surface area contributed by atoms with Crippen LogP contribution in [0.1, 0.15) is 56.3 Å². The van der Waals surface area contributed by atoms with Gasteiger partial charge in [-0.25, -0.2) is 0 Å². The van der Waals surface area contributed by atoms with Gasteiger partial charge in [0.1, 0.15) is 5.56 Å². The molecule has 0 radical (unpaired) electrons. The van der Waals surface area contributed by atoms with Crippen LogP contribution < -0.4 is 10.7 Å². The quantitative estimate of drug-likeness (QED) is 0.709. The van der Waals surface area contributed by atoms with Gasteiger partial charge in [-0.15, -0.1) is 0 Å². The number of aromatic amines is 1. The van der Waals surface area contributed by atoms with Crippen LogP contribution in [0.2, 0.25) is 0 Å². The molecule has 1 heterocycles. The van der Waals surface area contributed by atoms with Gasteiger partial charge in [0, 0.05) is 25.0 Å². The van der Waals surface area contributed by atoms with Gasteiger partial charge in [-0.05, 0) is 12.3 Å². The molecular formula is C15H24N2O2. The summed E-state index contributed by atoms with van der Waals surface area (Å²) in [6.45, 7) is 5.10. The Bertz CT molecular complexity index is 438. The standard InChI is InChI=1S/C15H24N2O2/c1-12(2)7-5-3-4-6-9-17-15(19)13-11-16-10-8-14(13)18/h8,10-12H,3-7,9H2,1-2H3,(H,16,18)(H,17,19). The molecule has 4 heteroatoms. The van der Waals surface area contributed by atoms with Crippen LogP contribution in [0.25, 0.3) is 0 Å². The van der Waals surface area contributed by atoms with Gasteiger partial charge < -0.3 is 10.3 Å². The Morgan fingerprint density at radius 3 is 2.68 bits per heavy atom. The maximum atomic E-state index is 11.7. The summed E-state index contributed by atoms with van der Waals surface area (Å²) in [6.07, 6.45) is 8.79. The number of pyridine rings is 1. The zero-order chi connectivity index (χ0) is 14.1. The number of carbonyl (C=O) groups excluding carboxylic acids is 1. The van der Waals surface area contributed by atoms with Gasteiger partial charge >= 0.3 is 0 Å². The molecule has 19 heavy (non-hydrogen) atoms. The number of rotatable bonds is 8. The second-order valence-corrected chi connectivity index (χ2v) is 5.27. The topological polar surface area (TPSA) is 62.0 Å². The van der Waals surface area contributed by atoms with Crippen LogP contribution in [0, 0.1) is 5.92 Å². The van der Waals surface area contributed by atoms with Gasteiger partial charge in [0.2, 0.25) is 0 Å². The summed E-state index contributed by atoms with van der Waals surface area (Å²) >= 11 is 0. The van der Waals surface area contributed by atoms with Crippen LogP contribution in [0.15, 0.2) is 23.3 Å². The molecule has 4 nitrogen and oxygen atoms in total. The fourth-order valence-electron chi connectivity index (χ4n) is 1.92. The van der Waals surface area contributed by atoms with Crippen molar-refractivity contribution >= 4 is 5.91 Å². The second-order valence-electron chi connectivity index (χ2n) is 5.27. The maximum absolute atomic E-state index is 11.7. The Morgan fingerprint density at radius 1 is 1.26 bits per heavy atom. The Kier molecular flexibility index (Phi) is 6.93. The molecule has 0 spiro atoms. The van der Waals surface area contributed by atoms with E-state index in [0.717, 1.165) is 18.8 Å². The van der Waals surface area contributed by atoms with E-state index in [2.05, 4.69) is 24.1 Å².